The van der Waals surface area contributed by atoms with Gasteiger partial charge in [0.1, 0.15) is 23.7 Å². The molecule has 0 heterocycles. The molecule has 0 saturated carbocycles. The summed E-state index contributed by atoms with van der Waals surface area (Å²) in [5.41, 5.74) is 1.98. The van der Waals surface area contributed by atoms with Gasteiger partial charge in [-0.25, -0.2) is 0 Å². The van der Waals surface area contributed by atoms with Gasteiger partial charge in [0.25, 0.3) is 0 Å². The van der Waals surface area contributed by atoms with Gasteiger partial charge in [-0.2, -0.15) is 0 Å². The number of aliphatic hydroxyl groups is 1. The molecule has 0 aliphatic rings. The van der Waals surface area contributed by atoms with Crippen LogP contribution in [0, 0.1) is 0 Å². The molecule has 0 aliphatic carbocycles. The Morgan fingerprint density at radius 1 is 0.617 bits per heavy atom. The van der Waals surface area contributed by atoms with Crippen LogP contribution in [0.5, 0.6) is 0 Å². The van der Waals surface area contributed by atoms with Crippen LogP contribution in [0.15, 0.2) is 157 Å². The normalized spacial score (nSPS) is 12.5. The van der Waals surface area contributed by atoms with E-state index in [0.717, 1.165) is 33.4 Å². The molecule has 7 nitrogen and oxygen atoms in total. The predicted octanol–water partition coefficient (Wildman–Crippen LogP) is 5.34. The lowest BCUT2D eigenvalue weighted by molar-refractivity contribution is -0.275. The number of hydrogen-bond acceptors (Lipinski definition) is 6. The zero-order chi connectivity index (χ0) is 33.1. The fourth-order valence-corrected chi connectivity index (χ4v) is 7.08. The van der Waals surface area contributed by atoms with Crippen LogP contribution >= 0.6 is 11.8 Å². The number of carboxylic acid groups (broad SMARTS) is 2. The van der Waals surface area contributed by atoms with E-state index in [4.69, 9.17) is 0 Å². The quantitative estimate of drug-likeness (QED) is 0.129. The predicted molar refractivity (Wildman–Crippen MR) is 180 cm³/mol. The van der Waals surface area contributed by atoms with E-state index in [1.165, 1.54) is 4.90 Å². The lowest BCUT2D eigenvalue weighted by atomic mass is 9.77. The molecule has 5 aromatic carbocycles. The average molecular weight is 645 g/mol. The summed E-state index contributed by atoms with van der Waals surface area (Å²) < 4.78 is 0. The molecule has 0 spiro atoms. The summed E-state index contributed by atoms with van der Waals surface area (Å²) in [6.07, 6.45) is -3.89. The second-order valence-electron chi connectivity index (χ2n) is 11.4. The Morgan fingerprint density at radius 3 is 1.49 bits per heavy atom. The van der Waals surface area contributed by atoms with Crippen molar-refractivity contribution in [3.63, 3.8) is 0 Å². The molecule has 8 heteroatoms. The topological polar surface area (TPSA) is 107 Å². The van der Waals surface area contributed by atoms with Gasteiger partial charge in [0.2, 0.25) is 0 Å². The molecule has 0 fully saturated rings. The van der Waals surface area contributed by atoms with Crippen molar-refractivity contribution in [3.05, 3.63) is 174 Å². The van der Waals surface area contributed by atoms with Gasteiger partial charge in [-0.15, -0.1) is 0 Å². The van der Waals surface area contributed by atoms with Crippen LogP contribution < -0.4 is 10.2 Å². The Morgan fingerprint density at radius 2 is 1.04 bits per heavy atom. The number of benzene rings is 5. The molecular formula is C39H36N2O5S-2. The first-order chi connectivity index (χ1) is 22.9. The van der Waals surface area contributed by atoms with Gasteiger partial charge in [0.05, 0.1) is 5.54 Å². The standard InChI is InChI=1S/C39H38N2O5S/c42-35(36(47-34-24-14-5-15-25-34)40(37(43)44)28-32-20-10-3-11-21-32)29-41(38(45)46)39(33-22-12-4-13-23-33,26-30-16-6-1-7-17-30)27-31-18-8-2-9-19-31/h1-25,35-36,42H,26-29H2,(H,43,44)(H,45,46)/p-2. The zero-order valence-electron chi connectivity index (χ0n) is 25.8. The van der Waals surface area contributed by atoms with Crippen molar-refractivity contribution in [1.29, 1.82) is 0 Å². The van der Waals surface area contributed by atoms with Crippen molar-refractivity contribution < 1.29 is 24.9 Å². The molecule has 2 unspecified atom stereocenters. The maximum absolute atomic E-state index is 13.4. The van der Waals surface area contributed by atoms with Crippen molar-refractivity contribution >= 4 is 23.9 Å². The van der Waals surface area contributed by atoms with Gasteiger partial charge in [-0.1, -0.05) is 151 Å². The lowest BCUT2D eigenvalue weighted by Crippen LogP contribution is -2.61. The van der Waals surface area contributed by atoms with Crippen LogP contribution in [0.1, 0.15) is 22.3 Å². The van der Waals surface area contributed by atoms with Crippen molar-refractivity contribution in [2.75, 3.05) is 6.54 Å². The van der Waals surface area contributed by atoms with Crippen LogP contribution in [-0.4, -0.2) is 45.1 Å². The van der Waals surface area contributed by atoms with E-state index in [0.29, 0.717) is 10.5 Å². The van der Waals surface area contributed by atoms with E-state index in [9.17, 15) is 24.9 Å². The van der Waals surface area contributed by atoms with E-state index < -0.39 is 35.7 Å². The molecule has 47 heavy (non-hydrogen) atoms. The summed E-state index contributed by atoms with van der Waals surface area (Å²) in [7, 11) is 0. The molecule has 2 amide bonds. The van der Waals surface area contributed by atoms with Crippen LogP contribution in [0.3, 0.4) is 0 Å². The largest absolute Gasteiger partial charge is 0.530 e. The molecule has 1 N–H and O–H groups in total. The number of aliphatic hydroxyl groups excluding tert-OH is 1. The number of amides is 2. The van der Waals surface area contributed by atoms with Gasteiger partial charge < -0.3 is 34.7 Å². The summed E-state index contributed by atoms with van der Waals surface area (Å²) in [5, 5.41) is 37.0. The number of rotatable bonds is 14. The van der Waals surface area contributed by atoms with Crippen molar-refractivity contribution in [2.45, 2.75) is 41.3 Å². The molecule has 240 valence electrons. The molecule has 5 aromatic rings. The van der Waals surface area contributed by atoms with Crippen molar-refractivity contribution in [1.82, 2.24) is 9.80 Å². The Labute approximate surface area is 279 Å². The third-order valence-electron chi connectivity index (χ3n) is 8.16. The highest BCUT2D eigenvalue weighted by Gasteiger charge is 2.42. The Kier molecular flexibility index (Phi) is 11.3. The third-order valence-corrected chi connectivity index (χ3v) is 9.52. The van der Waals surface area contributed by atoms with Gasteiger partial charge in [-0.05, 0) is 34.4 Å². The third kappa shape index (κ3) is 8.61. The maximum atomic E-state index is 13.4. The van der Waals surface area contributed by atoms with Crippen LogP contribution in [-0.2, 0) is 24.9 Å². The summed E-state index contributed by atoms with van der Waals surface area (Å²) in [6.45, 7) is -0.492. The monoisotopic (exact) mass is 644 g/mol. The summed E-state index contributed by atoms with van der Waals surface area (Å²) >= 11 is 1.14. The molecule has 0 aliphatic heterocycles. The van der Waals surface area contributed by atoms with Crippen LogP contribution in [0.4, 0.5) is 9.59 Å². The minimum Gasteiger partial charge on any atom is -0.530 e. The highest BCUT2D eigenvalue weighted by molar-refractivity contribution is 8.00. The number of carbonyl (C=O) groups excluding carboxylic acids is 2. The molecule has 0 saturated heterocycles. The highest BCUT2D eigenvalue weighted by Crippen LogP contribution is 2.38. The molecule has 0 radical (unpaired) electrons. The second kappa shape index (κ2) is 16.0. The van der Waals surface area contributed by atoms with Crippen molar-refractivity contribution in [3.8, 4) is 0 Å². The maximum Gasteiger partial charge on any atom is 0.138 e. The number of hydrogen-bond donors (Lipinski definition) is 1. The van der Waals surface area contributed by atoms with Gasteiger partial charge in [0, 0.05) is 30.8 Å². The highest BCUT2D eigenvalue weighted by atomic mass is 32.2. The fraction of sp³-hybridized carbons (Fsp3) is 0.179. The summed E-state index contributed by atoms with van der Waals surface area (Å²) in [5.74, 6) is 0. The first kappa shape index (κ1) is 33.3. The molecule has 0 aromatic heterocycles. The van der Waals surface area contributed by atoms with E-state index in [-0.39, 0.29) is 19.4 Å². The molecule has 2 atom stereocenters. The first-order valence-electron chi connectivity index (χ1n) is 15.4. The van der Waals surface area contributed by atoms with E-state index in [2.05, 4.69) is 0 Å². The van der Waals surface area contributed by atoms with E-state index >= 15 is 0 Å². The molecule has 5 rings (SSSR count). The van der Waals surface area contributed by atoms with Gasteiger partial charge in [0.15, 0.2) is 0 Å². The lowest BCUT2D eigenvalue weighted by Gasteiger charge is -2.48. The summed E-state index contributed by atoms with van der Waals surface area (Å²) in [6, 6.07) is 46.7. The second-order valence-corrected chi connectivity index (χ2v) is 12.6. The average Bonchev–Trinajstić information content (AvgIpc) is 3.10. The zero-order valence-corrected chi connectivity index (χ0v) is 26.6. The van der Waals surface area contributed by atoms with Gasteiger partial charge >= 0.3 is 0 Å². The first-order valence-corrected chi connectivity index (χ1v) is 16.3. The molecule has 0 bridgehead atoms. The van der Waals surface area contributed by atoms with Crippen LogP contribution in [0.25, 0.3) is 0 Å². The fourth-order valence-electron chi connectivity index (χ4n) is 5.96. The van der Waals surface area contributed by atoms with E-state index in [1.54, 1.807) is 24.3 Å². The summed E-state index contributed by atoms with van der Waals surface area (Å²) in [4.78, 5) is 29.0. The number of nitrogens with zero attached hydrogens (tertiary/aromatic N) is 2. The smallest absolute Gasteiger partial charge is 0.138 e. The van der Waals surface area contributed by atoms with Gasteiger partial charge in [-0.3, -0.25) is 0 Å². The number of carbonyl (C=O) groups is 2. The Hall–Kier alpha value is -5.05. The Bertz CT molecular complexity index is 1650. The minimum atomic E-state index is -1.48. The molecular weight excluding hydrogens is 609 g/mol. The van der Waals surface area contributed by atoms with Crippen molar-refractivity contribution in [2.24, 2.45) is 0 Å². The Balaban J connectivity index is 1.61. The van der Waals surface area contributed by atoms with Crippen LogP contribution in [0.2, 0.25) is 0 Å². The van der Waals surface area contributed by atoms with E-state index in [1.807, 2.05) is 127 Å². The number of thioether (sulfide) groups is 1. The SMILES string of the molecule is O=C([O-])N(Cc1ccccc1)C(Sc1ccccc1)C(O)CN(C(=O)[O-])C(Cc1ccccc1)(Cc1ccccc1)c1ccccc1. The minimum absolute atomic E-state index is 0.0616.